The summed E-state index contributed by atoms with van der Waals surface area (Å²) < 4.78 is 6.78. The van der Waals surface area contributed by atoms with Gasteiger partial charge in [0, 0.05) is 33.6 Å². The van der Waals surface area contributed by atoms with E-state index in [1.165, 1.54) is 33.7 Å². The smallest absolute Gasteiger partial charge is 0.268 e. The second kappa shape index (κ2) is 10.1. The van der Waals surface area contributed by atoms with Crippen molar-refractivity contribution >= 4 is 55.2 Å². The van der Waals surface area contributed by atoms with Gasteiger partial charge in [0.05, 0.1) is 0 Å². The van der Waals surface area contributed by atoms with E-state index in [-0.39, 0.29) is 5.57 Å². The first-order valence-corrected chi connectivity index (χ1v) is 12.4. The number of amides is 1. The van der Waals surface area contributed by atoms with Crippen molar-refractivity contribution < 1.29 is 9.21 Å². The SMILES string of the molecule is N#C/C(=C\c1ccc(-c2ccc(Br)cc2)o1)C(=O)Nc1ncc(Cc2cccc3ccccc23)s1. The highest BCUT2D eigenvalue weighted by atomic mass is 79.9. The van der Waals surface area contributed by atoms with Crippen LogP contribution in [0.3, 0.4) is 0 Å². The molecule has 7 heteroatoms. The van der Waals surface area contributed by atoms with E-state index in [0.29, 0.717) is 23.1 Å². The third kappa shape index (κ3) is 5.24. The molecule has 170 valence electrons. The molecule has 5 aromatic rings. The van der Waals surface area contributed by atoms with Crippen molar-refractivity contribution in [2.24, 2.45) is 0 Å². The van der Waals surface area contributed by atoms with Gasteiger partial charge in [-0.15, -0.1) is 11.3 Å². The van der Waals surface area contributed by atoms with E-state index >= 15 is 0 Å². The van der Waals surface area contributed by atoms with E-state index in [1.54, 1.807) is 12.3 Å². The lowest BCUT2D eigenvalue weighted by Crippen LogP contribution is -2.13. The highest BCUT2D eigenvalue weighted by Crippen LogP contribution is 2.27. The average Bonchev–Trinajstić information content (AvgIpc) is 3.53. The van der Waals surface area contributed by atoms with Crippen LogP contribution in [0, 0.1) is 11.3 Å². The van der Waals surface area contributed by atoms with Crippen molar-refractivity contribution in [3.8, 4) is 17.4 Å². The molecule has 3 aromatic carbocycles. The predicted molar refractivity (Wildman–Crippen MR) is 143 cm³/mol. The summed E-state index contributed by atoms with van der Waals surface area (Å²) in [5, 5.41) is 15.1. The van der Waals surface area contributed by atoms with Gasteiger partial charge >= 0.3 is 0 Å². The van der Waals surface area contributed by atoms with Crippen LogP contribution in [-0.4, -0.2) is 10.9 Å². The monoisotopic (exact) mass is 539 g/mol. The highest BCUT2D eigenvalue weighted by molar-refractivity contribution is 9.10. The normalized spacial score (nSPS) is 11.4. The Balaban J connectivity index is 1.29. The minimum absolute atomic E-state index is 0.0625. The molecule has 35 heavy (non-hydrogen) atoms. The maximum Gasteiger partial charge on any atom is 0.268 e. The van der Waals surface area contributed by atoms with E-state index in [0.717, 1.165) is 14.9 Å². The molecule has 0 atom stereocenters. The van der Waals surface area contributed by atoms with Gasteiger partial charge in [0.1, 0.15) is 23.2 Å². The van der Waals surface area contributed by atoms with Crippen molar-refractivity contribution in [1.82, 2.24) is 4.98 Å². The summed E-state index contributed by atoms with van der Waals surface area (Å²) in [5.74, 6) is 0.546. The van der Waals surface area contributed by atoms with Gasteiger partial charge in [-0.05, 0) is 40.6 Å². The van der Waals surface area contributed by atoms with Crippen LogP contribution in [0.5, 0.6) is 0 Å². The summed E-state index contributed by atoms with van der Waals surface area (Å²) in [6, 6.07) is 27.7. The Bertz CT molecular complexity index is 1590. The largest absolute Gasteiger partial charge is 0.457 e. The van der Waals surface area contributed by atoms with Gasteiger partial charge in [-0.3, -0.25) is 10.1 Å². The third-order valence-corrected chi connectivity index (χ3v) is 6.87. The molecule has 0 saturated carbocycles. The number of hydrogen-bond acceptors (Lipinski definition) is 5. The molecule has 5 rings (SSSR count). The number of nitrogens with zero attached hydrogens (tertiary/aromatic N) is 2. The third-order valence-electron chi connectivity index (χ3n) is 5.43. The molecule has 1 amide bonds. The Labute approximate surface area is 214 Å². The van der Waals surface area contributed by atoms with Crippen molar-refractivity contribution in [3.05, 3.63) is 111 Å². The van der Waals surface area contributed by atoms with Gasteiger partial charge in [0.15, 0.2) is 5.13 Å². The number of fused-ring (bicyclic) bond motifs is 1. The van der Waals surface area contributed by atoms with Gasteiger partial charge in [-0.25, -0.2) is 4.98 Å². The zero-order valence-electron chi connectivity index (χ0n) is 18.4. The topological polar surface area (TPSA) is 78.9 Å². The number of nitriles is 1. The number of halogens is 1. The molecule has 2 aromatic heterocycles. The van der Waals surface area contributed by atoms with E-state index < -0.39 is 5.91 Å². The number of carbonyl (C=O) groups is 1. The Morgan fingerprint density at radius 2 is 1.86 bits per heavy atom. The summed E-state index contributed by atoms with van der Waals surface area (Å²) in [7, 11) is 0. The Morgan fingerprint density at radius 1 is 1.06 bits per heavy atom. The first-order chi connectivity index (χ1) is 17.1. The predicted octanol–water partition coefficient (Wildman–Crippen LogP) is 7.46. The molecule has 0 aliphatic rings. The zero-order chi connectivity index (χ0) is 24.2. The van der Waals surface area contributed by atoms with Crippen LogP contribution in [0.2, 0.25) is 0 Å². The maximum atomic E-state index is 12.7. The van der Waals surface area contributed by atoms with E-state index in [1.807, 2.05) is 54.6 Å². The molecular weight excluding hydrogens is 522 g/mol. The molecule has 2 heterocycles. The summed E-state index contributed by atoms with van der Waals surface area (Å²) >= 11 is 4.81. The number of nitrogens with one attached hydrogen (secondary N) is 1. The number of anilines is 1. The van der Waals surface area contributed by atoms with Gasteiger partial charge in [-0.1, -0.05) is 70.5 Å². The Kier molecular flexibility index (Phi) is 6.57. The molecule has 0 fully saturated rings. The summed E-state index contributed by atoms with van der Waals surface area (Å²) in [6.45, 7) is 0. The molecule has 5 nitrogen and oxygen atoms in total. The standard InChI is InChI=1S/C28H18BrN3O2S/c29-22-10-8-19(9-11-22)26-13-12-23(34-26)14-21(16-30)27(33)32-28-31-17-24(35-28)15-20-6-3-5-18-4-1-2-7-25(18)20/h1-14,17H,15H2,(H,31,32,33)/b21-14+. The van der Waals surface area contributed by atoms with E-state index in [2.05, 4.69) is 50.5 Å². The molecule has 0 aliphatic carbocycles. The lowest BCUT2D eigenvalue weighted by atomic mass is 10.0. The Morgan fingerprint density at radius 3 is 2.69 bits per heavy atom. The quantitative estimate of drug-likeness (QED) is 0.179. The zero-order valence-corrected chi connectivity index (χ0v) is 20.8. The fraction of sp³-hybridized carbons (Fsp3) is 0.0357. The molecule has 0 saturated heterocycles. The van der Waals surface area contributed by atoms with Crippen LogP contribution in [0.25, 0.3) is 28.2 Å². The first kappa shape index (κ1) is 22.8. The number of furan rings is 1. The van der Waals surface area contributed by atoms with Crippen molar-refractivity contribution in [1.29, 1.82) is 5.26 Å². The number of rotatable bonds is 6. The number of carbonyl (C=O) groups excluding carboxylic acids is 1. The molecule has 0 aliphatic heterocycles. The number of thiazole rings is 1. The molecular formula is C28H18BrN3O2S. The second-order valence-electron chi connectivity index (χ2n) is 7.78. The minimum Gasteiger partial charge on any atom is -0.457 e. The average molecular weight is 540 g/mol. The van der Waals surface area contributed by atoms with Gasteiger partial charge in [-0.2, -0.15) is 5.26 Å². The van der Waals surface area contributed by atoms with Crippen LogP contribution in [0.4, 0.5) is 5.13 Å². The Hall–Kier alpha value is -3.99. The van der Waals surface area contributed by atoms with E-state index in [4.69, 9.17) is 4.42 Å². The molecule has 0 spiro atoms. The highest BCUT2D eigenvalue weighted by Gasteiger charge is 2.14. The number of benzene rings is 3. The van der Waals surface area contributed by atoms with Crippen molar-refractivity contribution in [2.45, 2.75) is 6.42 Å². The number of aromatic nitrogens is 1. The van der Waals surface area contributed by atoms with Crippen LogP contribution in [0.15, 0.2) is 99.5 Å². The lowest BCUT2D eigenvalue weighted by Gasteiger charge is -2.04. The van der Waals surface area contributed by atoms with Gasteiger partial charge in [0.2, 0.25) is 0 Å². The minimum atomic E-state index is -0.528. The van der Waals surface area contributed by atoms with Crippen molar-refractivity contribution in [2.75, 3.05) is 5.32 Å². The summed E-state index contributed by atoms with van der Waals surface area (Å²) in [4.78, 5) is 18.1. The summed E-state index contributed by atoms with van der Waals surface area (Å²) in [5.41, 5.74) is 2.03. The molecule has 0 unspecified atom stereocenters. The van der Waals surface area contributed by atoms with Crippen LogP contribution >= 0.6 is 27.3 Å². The second-order valence-corrected chi connectivity index (χ2v) is 9.81. The van der Waals surface area contributed by atoms with Gasteiger partial charge in [0.25, 0.3) is 5.91 Å². The fourth-order valence-electron chi connectivity index (χ4n) is 3.74. The van der Waals surface area contributed by atoms with Gasteiger partial charge < -0.3 is 4.42 Å². The number of hydrogen-bond donors (Lipinski definition) is 1. The van der Waals surface area contributed by atoms with Crippen molar-refractivity contribution in [3.63, 3.8) is 0 Å². The van der Waals surface area contributed by atoms with Crippen LogP contribution in [0.1, 0.15) is 16.2 Å². The van der Waals surface area contributed by atoms with Crippen LogP contribution in [-0.2, 0) is 11.2 Å². The van der Waals surface area contributed by atoms with E-state index in [9.17, 15) is 10.1 Å². The molecule has 0 radical (unpaired) electrons. The lowest BCUT2D eigenvalue weighted by molar-refractivity contribution is -0.112. The molecule has 1 N–H and O–H groups in total. The maximum absolute atomic E-state index is 12.7. The van der Waals surface area contributed by atoms with Crippen LogP contribution < -0.4 is 5.32 Å². The first-order valence-electron chi connectivity index (χ1n) is 10.8. The molecule has 0 bridgehead atoms. The fourth-order valence-corrected chi connectivity index (χ4v) is 4.83. The summed E-state index contributed by atoms with van der Waals surface area (Å²) in [6.07, 6.45) is 3.90.